The lowest BCUT2D eigenvalue weighted by Crippen LogP contribution is -2.12. The molecule has 18 heavy (non-hydrogen) atoms. The molecule has 100 valence electrons. The van der Waals surface area contributed by atoms with Gasteiger partial charge in [0.1, 0.15) is 11.6 Å². The van der Waals surface area contributed by atoms with E-state index in [9.17, 15) is 0 Å². The summed E-state index contributed by atoms with van der Waals surface area (Å²) in [5.74, 6) is 2.94. The third-order valence-electron chi connectivity index (χ3n) is 2.71. The molecule has 0 saturated heterocycles. The van der Waals surface area contributed by atoms with Crippen molar-refractivity contribution in [3.05, 3.63) is 11.9 Å². The Labute approximate surface area is 108 Å². The van der Waals surface area contributed by atoms with E-state index in [1.165, 1.54) is 12.8 Å². The van der Waals surface area contributed by atoms with E-state index < -0.39 is 0 Å². The monoisotopic (exact) mass is 251 g/mol. The molecule has 5 nitrogen and oxygen atoms in total. The molecule has 0 amide bonds. The van der Waals surface area contributed by atoms with Crippen LogP contribution in [0.15, 0.2) is 6.07 Å². The number of hydrogen-bond acceptors (Lipinski definition) is 5. The number of anilines is 1. The summed E-state index contributed by atoms with van der Waals surface area (Å²) >= 11 is 0. The van der Waals surface area contributed by atoms with Crippen molar-refractivity contribution in [2.75, 3.05) is 31.7 Å². The summed E-state index contributed by atoms with van der Waals surface area (Å²) in [5.41, 5.74) is 0. The second-order valence-electron chi connectivity index (χ2n) is 4.52. The van der Waals surface area contributed by atoms with Gasteiger partial charge in [-0.2, -0.15) is 4.98 Å². The summed E-state index contributed by atoms with van der Waals surface area (Å²) < 4.78 is 10.9. The van der Waals surface area contributed by atoms with Crippen LogP contribution in [0.25, 0.3) is 0 Å². The minimum Gasteiger partial charge on any atom is -0.478 e. The third kappa shape index (κ3) is 4.49. The van der Waals surface area contributed by atoms with Crippen molar-refractivity contribution in [3.8, 4) is 5.88 Å². The summed E-state index contributed by atoms with van der Waals surface area (Å²) in [5, 5.41) is 3.22. The predicted octanol–water partition coefficient (Wildman–Crippen LogP) is 2.02. The number of ether oxygens (including phenoxy) is 2. The number of nitrogens with one attached hydrogen (secondary N) is 1. The first-order valence-electron chi connectivity index (χ1n) is 6.58. The molecule has 0 bridgehead atoms. The Morgan fingerprint density at radius 2 is 2.22 bits per heavy atom. The molecule has 2 rings (SSSR count). The van der Waals surface area contributed by atoms with Gasteiger partial charge in [-0.25, -0.2) is 4.98 Å². The SMILES string of the molecule is CCOc1cc(NCCOCC2CC2)nc(C)n1. The molecule has 5 heteroatoms. The van der Waals surface area contributed by atoms with Crippen LogP contribution in [-0.2, 0) is 4.74 Å². The third-order valence-corrected chi connectivity index (χ3v) is 2.71. The van der Waals surface area contributed by atoms with Crippen molar-refractivity contribution in [2.24, 2.45) is 5.92 Å². The fraction of sp³-hybridized carbons (Fsp3) is 0.692. The molecule has 0 aliphatic heterocycles. The van der Waals surface area contributed by atoms with Crippen LogP contribution in [-0.4, -0.2) is 36.3 Å². The molecule has 1 N–H and O–H groups in total. The minimum atomic E-state index is 0.612. The average Bonchev–Trinajstić information content (AvgIpc) is 3.12. The Bertz CT molecular complexity index is 380. The van der Waals surface area contributed by atoms with E-state index in [1.54, 1.807) is 0 Å². The van der Waals surface area contributed by atoms with Crippen LogP contribution in [0.5, 0.6) is 5.88 Å². The van der Waals surface area contributed by atoms with E-state index in [4.69, 9.17) is 9.47 Å². The van der Waals surface area contributed by atoms with Crippen LogP contribution in [0.1, 0.15) is 25.6 Å². The molecule has 0 unspecified atom stereocenters. The highest BCUT2D eigenvalue weighted by molar-refractivity contribution is 5.38. The van der Waals surface area contributed by atoms with Gasteiger partial charge in [0.2, 0.25) is 5.88 Å². The van der Waals surface area contributed by atoms with Crippen LogP contribution < -0.4 is 10.1 Å². The molecule has 1 aromatic rings. The molecular weight excluding hydrogens is 230 g/mol. The molecule has 1 aliphatic rings. The van der Waals surface area contributed by atoms with Crippen LogP contribution in [0.2, 0.25) is 0 Å². The number of rotatable bonds is 8. The number of aryl methyl sites for hydroxylation is 1. The highest BCUT2D eigenvalue weighted by Gasteiger charge is 2.20. The van der Waals surface area contributed by atoms with Crippen molar-refractivity contribution in [1.29, 1.82) is 0 Å². The highest BCUT2D eigenvalue weighted by Crippen LogP contribution is 2.28. The van der Waals surface area contributed by atoms with Gasteiger partial charge in [0.25, 0.3) is 0 Å². The van der Waals surface area contributed by atoms with Crippen molar-refractivity contribution in [3.63, 3.8) is 0 Å². The maximum atomic E-state index is 5.55. The Morgan fingerprint density at radius 1 is 1.39 bits per heavy atom. The van der Waals surface area contributed by atoms with Gasteiger partial charge in [-0.1, -0.05) is 0 Å². The van der Waals surface area contributed by atoms with Crippen LogP contribution in [0.4, 0.5) is 5.82 Å². The Kier molecular flexibility index (Phi) is 4.75. The lowest BCUT2D eigenvalue weighted by molar-refractivity contribution is 0.134. The first-order chi connectivity index (χ1) is 8.78. The van der Waals surface area contributed by atoms with E-state index >= 15 is 0 Å². The van der Waals surface area contributed by atoms with Crippen molar-refractivity contribution in [1.82, 2.24) is 9.97 Å². The largest absolute Gasteiger partial charge is 0.478 e. The lowest BCUT2D eigenvalue weighted by Gasteiger charge is -2.09. The predicted molar refractivity (Wildman–Crippen MR) is 70.0 cm³/mol. The Morgan fingerprint density at radius 3 is 2.94 bits per heavy atom. The summed E-state index contributed by atoms with van der Waals surface area (Å²) in [7, 11) is 0. The molecule has 0 atom stereocenters. The number of hydrogen-bond donors (Lipinski definition) is 1. The van der Waals surface area contributed by atoms with Crippen LogP contribution in [0, 0.1) is 12.8 Å². The molecule has 1 saturated carbocycles. The van der Waals surface area contributed by atoms with Crippen molar-refractivity contribution in [2.45, 2.75) is 26.7 Å². The number of nitrogens with zero attached hydrogens (tertiary/aromatic N) is 2. The van der Waals surface area contributed by atoms with E-state index in [2.05, 4.69) is 15.3 Å². The van der Waals surface area contributed by atoms with Gasteiger partial charge >= 0.3 is 0 Å². The molecule has 1 heterocycles. The van der Waals surface area contributed by atoms with E-state index in [0.717, 1.165) is 24.9 Å². The second-order valence-corrected chi connectivity index (χ2v) is 4.52. The average molecular weight is 251 g/mol. The quantitative estimate of drug-likeness (QED) is 0.716. The van der Waals surface area contributed by atoms with Crippen LogP contribution in [0.3, 0.4) is 0 Å². The van der Waals surface area contributed by atoms with Crippen molar-refractivity contribution >= 4 is 5.82 Å². The molecule has 1 fully saturated rings. The molecule has 1 aromatic heterocycles. The van der Waals surface area contributed by atoms with E-state index in [1.807, 2.05) is 19.9 Å². The zero-order chi connectivity index (χ0) is 12.8. The van der Waals surface area contributed by atoms with Gasteiger partial charge in [-0.15, -0.1) is 0 Å². The van der Waals surface area contributed by atoms with Gasteiger partial charge < -0.3 is 14.8 Å². The summed E-state index contributed by atoms with van der Waals surface area (Å²) in [6.07, 6.45) is 2.66. The maximum absolute atomic E-state index is 5.55. The summed E-state index contributed by atoms with van der Waals surface area (Å²) in [6.45, 7) is 6.78. The summed E-state index contributed by atoms with van der Waals surface area (Å²) in [4.78, 5) is 8.50. The lowest BCUT2D eigenvalue weighted by atomic mass is 10.5. The Hall–Kier alpha value is -1.36. The zero-order valence-electron chi connectivity index (χ0n) is 11.1. The standard InChI is InChI=1S/C13H21N3O2/c1-3-18-13-8-12(15-10(2)16-13)14-6-7-17-9-11-4-5-11/h8,11H,3-7,9H2,1-2H3,(H,14,15,16). The van der Waals surface area contributed by atoms with Gasteiger partial charge in [0.15, 0.2) is 0 Å². The fourth-order valence-electron chi connectivity index (χ4n) is 1.64. The molecule has 1 aliphatic carbocycles. The van der Waals surface area contributed by atoms with Crippen molar-refractivity contribution < 1.29 is 9.47 Å². The molecular formula is C13H21N3O2. The van der Waals surface area contributed by atoms with Gasteiger partial charge in [-0.3, -0.25) is 0 Å². The molecule has 0 spiro atoms. The highest BCUT2D eigenvalue weighted by atomic mass is 16.5. The van der Waals surface area contributed by atoms with Gasteiger partial charge in [0, 0.05) is 19.2 Å². The van der Waals surface area contributed by atoms with Crippen LogP contribution >= 0.6 is 0 Å². The topological polar surface area (TPSA) is 56.3 Å². The maximum Gasteiger partial charge on any atom is 0.218 e. The minimum absolute atomic E-state index is 0.612. The molecule has 0 aromatic carbocycles. The first-order valence-corrected chi connectivity index (χ1v) is 6.58. The fourth-order valence-corrected chi connectivity index (χ4v) is 1.64. The van der Waals surface area contributed by atoms with Gasteiger partial charge in [-0.05, 0) is 32.6 Å². The second kappa shape index (κ2) is 6.54. The normalized spacial score (nSPS) is 14.6. The van der Waals surface area contributed by atoms with E-state index in [-0.39, 0.29) is 0 Å². The first kappa shape index (κ1) is 13.1. The van der Waals surface area contributed by atoms with E-state index in [0.29, 0.717) is 24.9 Å². The number of aromatic nitrogens is 2. The zero-order valence-corrected chi connectivity index (χ0v) is 11.1. The van der Waals surface area contributed by atoms with Gasteiger partial charge in [0.05, 0.1) is 13.2 Å². The molecule has 0 radical (unpaired) electrons. The summed E-state index contributed by atoms with van der Waals surface area (Å²) in [6, 6.07) is 1.82. The Balaban J connectivity index is 1.72. The smallest absolute Gasteiger partial charge is 0.218 e.